The lowest BCUT2D eigenvalue weighted by Crippen LogP contribution is -2.55. The molecule has 2 heteroatoms. The molecule has 2 rings (SSSR count). The van der Waals surface area contributed by atoms with Gasteiger partial charge in [0, 0.05) is 18.1 Å². The second-order valence-electron chi connectivity index (χ2n) is 6.74. The van der Waals surface area contributed by atoms with Gasteiger partial charge in [-0.25, -0.2) is 0 Å². The maximum absolute atomic E-state index is 3.67. The zero-order chi connectivity index (χ0) is 13.7. The zero-order valence-electron chi connectivity index (χ0n) is 13.3. The number of hydrogen-bond acceptors (Lipinski definition) is 2. The molecule has 2 nitrogen and oxygen atoms in total. The first kappa shape index (κ1) is 15.3. The van der Waals surface area contributed by atoms with Crippen LogP contribution in [-0.4, -0.2) is 36.1 Å². The van der Waals surface area contributed by atoms with E-state index in [0.717, 1.165) is 24.5 Å². The van der Waals surface area contributed by atoms with Gasteiger partial charge < -0.3 is 5.32 Å². The second kappa shape index (κ2) is 7.64. The van der Waals surface area contributed by atoms with Crippen molar-refractivity contribution in [2.75, 3.05) is 13.1 Å². The fourth-order valence-corrected chi connectivity index (χ4v) is 4.36. The van der Waals surface area contributed by atoms with E-state index in [-0.39, 0.29) is 0 Å². The highest BCUT2D eigenvalue weighted by Crippen LogP contribution is 2.33. The molecule has 4 unspecified atom stereocenters. The van der Waals surface area contributed by atoms with Crippen LogP contribution in [0.3, 0.4) is 0 Å². The Bertz CT molecular complexity index is 254. The van der Waals surface area contributed by atoms with Gasteiger partial charge in [-0.05, 0) is 51.6 Å². The summed E-state index contributed by atoms with van der Waals surface area (Å²) in [4.78, 5) is 2.89. The normalized spacial score (nSPS) is 35.2. The Balaban J connectivity index is 1.97. The molecule has 2 fully saturated rings. The predicted octanol–water partition coefficient (Wildman–Crippen LogP) is 3.81. The summed E-state index contributed by atoms with van der Waals surface area (Å²) in [6, 6.07) is 2.33. The minimum absolute atomic E-state index is 0.660. The Morgan fingerprint density at radius 3 is 2.68 bits per heavy atom. The molecule has 0 amide bonds. The average Bonchev–Trinajstić information content (AvgIpc) is 2.47. The van der Waals surface area contributed by atoms with Gasteiger partial charge in [-0.1, -0.05) is 39.5 Å². The van der Waals surface area contributed by atoms with Crippen molar-refractivity contribution in [2.45, 2.75) is 90.3 Å². The maximum atomic E-state index is 3.67. The second-order valence-corrected chi connectivity index (χ2v) is 6.74. The standard InChI is InChI=1S/C17H34N2/c1-4-15-9-8-10-16(13-15)19-12-7-6-11-17(19)14(3)18-5-2/h14-18H,4-13H2,1-3H3. The molecule has 0 spiro atoms. The van der Waals surface area contributed by atoms with Crippen molar-refractivity contribution >= 4 is 0 Å². The lowest BCUT2D eigenvalue weighted by Gasteiger charge is -2.46. The van der Waals surface area contributed by atoms with Crippen molar-refractivity contribution in [3.05, 3.63) is 0 Å². The van der Waals surface area contributed by atoms with E-state index in [1.807, 2.05) is 0 Å². The molecule has 0 radical (unpaired) electrons. The van der Waals surface area contributed by atoms with Crippen LogP contribution in [0.4, 0.5) is 0 Å². The van der Waals surface area contributed by atoms with E-state index in [4.69, 9.17) is 0 Å². The molecule has 1 aliphatic heterocycles. The molecular weight excluding hydrogens is 232 g/mol. The van der Waals surface area contributed by atoms with Crippen LogP contribution in [-0.2, 0) is 0 Å². The summed E-state index contributed by atoms with van der Waals surface area (Å²) in [7, 11) is 0. The van der Waals surface area contributed by atoms with E-state index >= 15 is 0 Å². The average molecular weight is 266 g/mol. The first-order valence-corrected chi connectivity index (χ1v) is 8.75. The van der Waals surface area contributed by atoms with Crippen molar-refractivity contribution in [1.82, 2.24) is 10.2 Å². The van der Waals surface area contributed by atoms with Crippen LogP contribution in [0.15, 0.2) is 0 Å². The Morgan fingerprint density at radius 2 is 1.95 bits per heavy atom. The molecule has 112 valence electrons. The molecule has 1 saturated carbocycles. The summed E-state index contributed by atoms with van der Waals surface area (Å²) in [5.74, 6) is 0.996. The molecule has 0 aromatic rings. The van der Waals surface area contributed by atoms with Gasteiger partial charge in [0.15, 0.2) is 0 Å². The van der Waals surface area contributed by atoms with Gasteiger partial charge >= 0.3 is 0 Å². The summed E-state index contributed by atoms with van der Waals surface area (Å²) in [6.07, 6.45) is 11.5. The van der Waals surface area contributed by atoms with Crippen LogP contribution in [0.25, 0.3) is 0 Å². The highest BCUT2D eigenvalue weighted by molar-refractivity contribution is 4.91. The quantitative estimate of drug-likeness (QED) is 0.814. The number of rotatable bonds is 5. The van der Waals surface area contributed by atoms with E-state index < -0.39 is 0 Å². The summed E-state index contributed by atoms with van der Waals surface area (Å²) < 4.78 is 0. The van der Waals surface area contributed by atoms with Crippen molar-refractivity contribution in [2.24, 2.45) is 5.92 Å². The van der Waals surface area contributed by atoms with Crippen molar-refractivity contribution in [1.29, 1.82) is 0 Å². The lowest BCUT2D eigenvalue weighted by molar-refractivity contribution is 0.0421. The van der Waals surface area contributed by atoms with Gasteiger partial charge in [-0.15, -0.1) is 0 Å². The first-order valence-electron chi connectivity index (χ1n) is 8.75. The van der Waals surface area contributed by atoms with Crippen molar-refractivity contribution in [3.8, 4) is 0 Å². The van der Waals surface area contributed by atoms with E-state index in [1.165, 1.54) is 57.9 Å². The van der Waals surface area contributed by atoms with Crippen LogP contribution in [0.2, 0.25) is 0 Å². The monoisotopic (exact) mass is 266 g/mol. The molecule has 1 heterocycles. The number of piperidine rings is 1. The number of likely N-dealkylation sites (tertiary alicyclic amines) is 1. The van der Waals surface area contributed by atoms with E-state index in [2.05, 4.69) is 31.0 Å². The topological polar surface area (TPSA) is 15.3 Å². The van der Waals surface area contributed by atoms with Gasteiger partial charge in [-0.3, -0.25) is 4.90 Å². The van der Waals surface area contributed by atoms with Crippen LogP contribution < -0.4 is 5.32 Å². The van der Waals surface area contributed by atoms with Crippen LogP contribution in [0, 0.1) is 5.92 Å². The third-order valence-electron chi connectivity index (χ3n) is 5.50. The maximum Gasteiger partial charge on any atom is 0.0249 e. The molecule has 1 saturated heterocycles. The fourth-order valence-electron chi connectivity index (χ4n) is 4.36. The van der Waals surface area contributed by atoms with E-state index in [9.17, 15) is 0 Å². The predicted molar refractivity (Wildman–Crippen MR) is 83.5 cm³/mol. The van der Waals surface area contributed by atoms with Crippen LogP contribution in [0.5, 0.6) is 0 Å². The molecule has 2 aliphatic rings. The van der Waals surface area contributed by atoms with Crippen molar-refractivity contribution < 1.29 is 0 Å². The molecule has 1 aliphatic carbocycles. The largest absolute Gasteiger partial charge is 0.313 e. The zero-order valence-corrected chi connectivity index (χ0v) is 13.3. The minimum Gasteiger partial charge on any atom is -0.313 e. The van der Waals surface area contributed by atoms with Crippen LogP contribution >= 0.6 is 0 Å². The number of nitrogens with zero attached hydrogens (tertiary/aromatic N) is 1. The summed E-state index contributed by atoms with van der Waals surface area (Å²) in [5, 5.41) is 3.67. The van der Waals surface area contributed by atoms with Gasteiger partial charge in [0.25, 0.3) is 0 Å². The highest BCUT2D eigenvalue weighted by atomic mass is 15.2. The van der Waals surface area contributed by atoms with Gasteiger partial charge in [-0.2, -0.15) is 0 Å². The summed E-state index contributed by atoms with van der Waals surface area (Å²) in [5.41, 5.74) is 0. The molecule has 0 aromatic carbocycles. The number of hydrogen-bond donors (Lipinski definition) is 1. The Morgan fingerprint density at radius 1 is 1.11 bits per heavy atom. The molecule has 19 heavy (non-hydrogen) atoms. The van der Waals surface area contributed by atoms with Gasteiger partial charge in [0.05, 0.1) is 0 Å². The lowest BCUT2D eigenvalue weighted by atomic mass is 9.81. The third kappa shape index (κ3) is 3.95. The minimum atomic E-state index is 0.660. The molecule has 0 bridgehead atoms. The van der Waals surface area contributed by atoms with Crippen molar-refractivity contribution in [3.63, 3.8) is 0 Å². The highest BCUT2D eigenvalue weighted by Gasteiger charge is 2.34. The molecule has 4 atom stereocenters. The SMILES string of the molecule is CCNC(C)C1CCCCN1C1CCCC(CC)C1. The Kier molecular flexibility index (Phi) is 6.15. The third-order valence-corrected chi connectivity index (χ3v) is 5.50. The Hall–Kier alpha value is -0.0800. The number of nitrogens with one attached hydrogen (secondary N) is 1. The fraction of sp³-hybridized carbons (Fsp3) is 1.00. The molecule has 1 N–H and O–H groups in total. The summed E-state index contributed by atoms with van der Waals surface area (Å²) >= 11 is 0. The van der Waals surface area contributed by atoms with E-state index in [1.54, 1.807) is 0 Å². The van der Waals surface area contributed by atoms with Gasteiger partial charge in [0.1, 0.15) is 0 Å². The molecular formula is C17H34N2. The molecule has 0 aromatic heterocycles. The van der Waals surface area contributed by atoms with Gasteiger partial charge in [0.2, 0.25) is 0 Å². The smallest absolute Gasteiger partial charge is 0.0249 e. The first-order chi connectivity index (χ1) is 9.26. The Labute approximate surface area is 120 Å². The van der Waals surface area contributed by atoms with E-state index in [0.29, 0.717) is 6.04 Å². The summed E-state index contributed by atoms with van der Waals surface area (Å²) in [6.45, 7) is 9.46. The number of likely N-dealkylation sites (N-methyl/N-ethyl adjacent to an activating group) is 1. The van der Waals surface area contributed by atoms with Crippen LogP contribution in [0.1, 0.15) is 72.1 Å².